The van der Waals surface area contributed by atoms with Gasteiger partial charge in [0, 0.05) is 0 Å². The molecule has 0 saturated heterocycles. The number of carbonyl (C=O) groups excluding carboxylic acids is 1. The van der Waals surface area contributed by atoms with Crippen molar-refractivity contribution in [1.29, 1.82) is 0 Å². The molecule has 2 aromatic rings. The quantitative estimate of drug-likeness (QED) is 0.882. The zero-order valence-electron chi connectivity index (χ0n) is 11.6. The summed E-state index contributed by atoms with van der Waals surface area (Å²) in [5.41, 5.74) is 0.985. The summed E-state index contributed by atoms with van der Waals surface area (Å²) >= 11 is 0. The maximum absolute atomic E-state index is 12.9. The van der Waals surface area contributed by atoms with Crippen LogP contribution in [0.15, 0.2) is 65.3 Å². The molecule has 0 saturated carbocycles. The lowest BCUT2D eigenvalue weighted by molar-refractivity contribution is -0.115. The molecule has 0 bridgehead atoms. The van der Waals surface area contributed by atoms with Crippen molar-refractivity contribution in [3.8, 4) is 5.75 Å². The normalized spacial score (nSPS) is 15.6. The molecule has 1 N–H and O–H groups in total. The van der Waals surface area contributed by atoms with Crippen LogP contribution in [0.3, 0.4) is 0 Å². The van der Waals surface area contributed by atoms with Gasteiger partial charge >= 0.3 is 0 Å². The van der Waals surface area contributed by atoms with Crippen LogP contribution in [0.5, 0.6) is 5.75 Å². The number of benzene rings is 2. The molecule has 1 heterocycles. The average molecular weight is 296 g/mol. The van der Waals surface area contributed by atoms with Gasteiger partial charge in [-0.15, -0.1) is 0 Å². The Morgan fingerprint density at radius 3 is 2.55 bits per heavy atom. The topological polar surface area (TPSA) is 50.7 Å². The first kappa shape index (κ1) is 14.0. The Morgan fingerprint density at radius 1 is 1.09 bits per heavy atom. The van der Waals surface area contributed by atoms with Crippen LogP contribution >= 0.6 is 0 Å². The van der Waals surface area contributed by atoms with Gasteiger partial charge in [-0.05, 0) is 35.9 Å². The Labute approximate surface area is 127 Å². The van der Waals surface area contributed by atoms with E-state index in [0.29, 0.717) is 17.1 Å². The molecular formula is C17H13FN2O2. The summed E-state index contributed by atoms with van der Waals surface area (Å²) in [7, 11) is 0. The molecule has 1 aliphatic heterocycles. The number of ether oxygens (including phenoxy) is 1. The second kappa shape index (κ2) is 6.22. The number of amidine groups is 1. The predicted molar refractivity (Wildman–Crippen MR) is 81.9 cm³/mol. The highest BCUT2D eigenvalue weighted by Gasteiger charge is 2.20. The number of nitrogens with one attached hydrogen (secondary N) is 1. The number of halogens is 1. The molecular weight excluding hydrogens is 283 g/mol. The van der Waals surface area contributed by atoms with Gasteiger partial charge in [0.15, 0.2) is 0 Å². The van der Waals surface area contributed by atoms with Gasteiger partial charge in [-0.2, -0.15) is 0 Å². The molecule has 1 aliphatic rings. The number of para-hydroxylation sites is 1. The number of rotatable bonds is 4. The lowest BCUT2D eigenvalue weighted by Crippen LogP contribution is -2.28. The van der Waals surface area contributed by atoms with E-state index in [2.05, 4.69) is 10.3 Å². The smallest absolute Gasteiger partial charge is 0.275 e. The highest BCUT2D eigenvalue weighted by atomic mass is 19.1. The average Bonchev–Trinajstić information content (AvgIpc) is 2.89. The van der Waals surface area contributed by atoms with Crippen molar-refractivity contribution >= 4 is 17.8 Å². The summed E-state index contributed by atoms with van der Waals surface area (Å²) in [6.45, 7) is 0.177. The molecule has 0 fully saturated rings. The minimum atomic E-state index is -0.321. The van der Waals surface area contributed by atoms with Crippen LogP contribution in [0.1, 0.15) is 5.56 Å². The van der Waals surface area contributed by atoms with Crippen LogP contribution in [0.25, 0.3) is 6.08 Å². The van der Waals surface area contributed by atoms with Crippen molar-refractivity contribution in [2.75, 3.05) is 6.61 Å². The van der Waals surface area contributed by atoms with Crippen LogP contribution in [-0.4, -0.2) is 18.3 Å². The van der Waals surface area contributed by atoms with Crippen LogP contribution in [0.2, 0.25) is 0 Å². The third kappa shape index (κ3) is 3.38. The Morgan fingerprint density at radius 2 is 1.82 bits per heavy atom. The van der Waals surface area contributed by atoms with E-state index in [1.54, 1.807) is 18.2 Å². The van der Waals surface area contributed by atoms with E-state index >= 15 is 0 Å². The maximum atomic E-state index is 12.9. The van der Waals surface area contributed by atoms with Gasteiger partial charge in [-0.25, -0.2) is 9.38 Å². The summed E-state index contributed by atoms with van der Waals surface area (Å²) in [6.07, 6.45) is 1.60. The molecule has 0 atom stereocenters. The van der Waals surface area contributed by atoms with Crippen LogP contribution in [-0.2, 0) is 4.79 Å². The van der Waals surface area contributed by atoms with E-state index in [4.69, 9.17) is 4.74 Å². The SMILES string of the molecule is O=C1NC(COc2ccccc2)=N/C1=C/c1ccc(F)cc1. The van der Waals surface area contributed by atoms with E-state index in [9.17, 15) is 9.18 Å². The summed E-state index contributed by atoms with van der Waals surface area (Å²) in [6, 6.07) is 15.1. The Bertz CT molecular complexity index is 737. The molecule has 5 heteroatoms. The maximum Gasteiger partial charge on any atom is 0.275 e. The number of hydrogen-bond donors (Lipinski definition) is 1. The lowest BCUT2D eigenvalue weighted by Gasteiger charge is -2.04. The summed E-state index contributed by atoms with van der Waals surface area (Å²) < 4.78 is 18.4. The molecule has 110 valence electrons. The molecule has 4 nitrogen and oxygen atoms in total. The predicted octanol–water partition coefficient (Wildman–Crippen LogP) is 2.77. The van der Waals surface area contributed by atoms with Crippen molar-refractivity contribution in [2.45, 2.75) is 0 Å². The molecule has 0 radical (unpaired) electrons. The molecule has 0 aromatic heterocycles. The highest BCUT2D eigenvalue weighted by Crippen LogP contribution is 2.14. The van der Waals surface area contributed by atoms with Gasteiger partial charge in [0.2, 0.25) is 0 Å². The van der Waals surface area contributed by atoms with Crippen LogP contribution < -0.4 is 10.1 Å². The molecule has 0 spiro atoms. The van der Waals surface area contributed by atoms with Crippen molar-refractivity contribution in [1.82, 2.24) is 5.32 Å². The number of aliphatic imine (C=N–C) groups is 1. The lowest BCUT2D eigenvalue weighted by atomic mass is 10.2. The van der Waals surface area contributed by atoms with Gasteiger partial charge in [-0.3, -0.25) is 4.79 Å². The Kier molecular flexibility index (Phi) is 3.96. The summed E-state index contributed by atoms with van der Waals surface area (Å²) in [5.74, 6) is 0.534. The monoisotopic (exact) mass is 296 g/mol. The fourth-order valence-electron chi connectivity index (χ4n) is 1.97. The van der Waals surface area contributed by atoms with Crippen molar-refractivity contribution < 1.29 is 13.9 Å². The first-order valence-corrected chi connectivity index (χ1v) is 6.75. The van der Waals surface area contributed by atoms with E-state index in [1.807, 2.05) is 30.3 Å². The number of amides is 1. The third-order valence-corrected chi connectivity index (χ3v) is 3.04. The molecule has 3 rings (SSSR count). The zero-order chi connectivity index (χ0) is 15.4. The molecule has 2 aromatic carbocycles. The molecule has 1 amide bonds. The van der Waals surface area contributed by atoms with Crippen molar-refractivity contribution in [2.24, 2.45) is 4.99 Å². The van der Waals surface area contributed by atoms with Gasteiger partial charge in [0.25, 0.3) is 5.91 Å². The fraction of sp³-hybridized carbons (Fsp3) is 0.0588. The Hall–Kier alpha value is -2.95. The van der Waals surface area contributed by atoms with Gasteiger partial charge in [0.1, 0.15) is 29.7 Å². The van der Waals surface area contributed by atoms with Crippen LogP contribution in [0.4, 0.5) is 4.39 Å². The third-order valence-electron chi connectivity index (χ3n) is 3.04. The first-order valence-electron chi connectivity index (χ1n) is 6.75. The van der Waals surface area contributed by atoms with E-state index < -0.39 is 0 Å². The van der Waals surface area contributed by atoms with Gasteiger partial charge in [-0.1, -0.05) is 30.3 Å². The highest BCUT2D eigenvalue weighted by molar-refractivity contribution is 6.14. The van der Waals surface area contributed by atoms with Gasteiger partial charge < -0.3 is 10.1 Å². The van der Waals surface area contributed by atoms with Crippen molar-refractivity contribution in [3.05, 3.63) is 71.7 Å². The van der Waals surface area contributed by atoms with E-state index in [-0.39, 0.29) is 24.0 Å². The molecule has 0 aliphatic carbocycles. The second-order valence-corrected chi connectivity index (χ2v) is 4.70. The number of carbonyl (C=O) groups is 1. The van der Waals surface area contributed by atoms with Gasteiger partial charge in [0.05, 0.1) is 0 Å². The molecule has 0 unspecified atom stereocenters. The summed E-state index contributed by atoms with van der Waals surface area (Å²) in [5, 5.41) is 2.65. The largest absolute Gasteiger partial charge is 0.486 e. The fourth-order valence-corrected chi connectivity index (χ4v) is 1.97. The number of hydrogen-bond acceptors (Lipinski definition) is 3. The zero-order valence-corrected chi connectivity index (χ0v) is 11.6. The van der Waals surface area contributed by atoms with E-state index in [1.165, 1.54) is 12.1 Å². The standard InChI is InChI=1S/C17H13FN2O2/c18-13-8-6-12(7-9-13)10-15-17(21)20-16(19-15)11-22-14-4-2-1-3-5-14/h1-10H,11H2,(H,19,20,21)/b15-10+. The number of nitrogens with zero attached hydrogens (tertiary/aromatic N) is 1. The Balaban J connectivity index is 1.70. The molecule has 22 heavy (non-hydrogen) atoms. The second-order valence-electron chi connectivity index (χ2n) is 4.70. The minimum absolute atomic E-state index is 0.177. The summed E-state index contributed by atoms with van der Waals surface area (Å²) in [4.78, 5) is 16.0. The van der Waals surface area contributed by atoms with Crippen LogP contribution in [0, 0.1) is 5.82 Å². The van der Waals surface area contributed by atoms with E-state index in [0.717, 1.165) is 0 Å². The first-order chi connectivity index (χ1) is 10.7. The van der Waals surface area contributed by atoms with Crippen molar-refractivity contribution in [3.63, 3.8) is 0 Å². The minimum Gasteiger partial charge on any atom is -0.486 e.